The highest BCUT2D eigenvalue weighted by molar-refractivity contribution is 6.34. The van der Waals surface area contributed by atoms with Crippen LogP contribution in [-0.4, -0.2) is 18.0 Å². The molecule has 0 fully saturated rings. The van der Waals surface area contributed by atoms with E-state index in [0.29, 0.717) is 5.92 Å². The lowest BCUT2D eigenvalue weighted by Crippen LogP contribution is -2.32. The van der Waals surface area contributed by atoms with Gasteiger partial charge in [0.05, 0.1) is 6.21 Å². The Hall–Kier alpha value is -2.17. The Morgan fingerprint density at radius 3 is 2.35 bits per heavy atom. The molecule has 3 N–H and O–H groups in total. The highest BCUT2D eigenvalue weighted by Gasteiger charge is 2.05. The Labute approximate surface area is 99.7 Å². The summed E-state index contributed by atoms with van der Waals surface area (Å²) in [6, 6.07) is 7.74. The smallest absolute Gasteiger partial charge is 0.329 e. The zero-order valence-corrected chi connectivity index (χ0v) is 9.81. The first-order valence-corrected chi connectivity index (χ1v) is 5.23. The summed E-state index contributed by atoms with van der Waals surface area (Å²) in [6.45, 7) is 4.21. The van der Waals surface area contributed by atoms with Gasteiger partial charge in [0.15, 0.2) is 0 Å². The second kappa shape index (κ2) is 5.79. The molecule has 0 saturated carbocycles. The number of amides is 2. The molecule has 2 amide bonds. The molecule has 5 heteroatoms. The molecule has 0 radical (unpaired) electrons. The van der Waals surface area contributed by atoms with Gasteiger partial charge in [0.25, 0.3) is 0 Å². The molecule has 0 bridgehead atoms. The molecule has 0 spiro atoms. The number of hydrogen-bond donors (Lipinski definition) is 2. The van der Waals surface area contributed by atoms with E-state index in [1.165, 1.54) is 11.8 Å². The van der Waals surface area contributed by atoms with E-state index in [1.54, 1.807) is 0 Å². The molecule has 1 rings (SSSR count). The zero-order valence-electron chi connectivity index (χ0n) is 9.81. The molecule has 0 aliphatic rings. The fraction of sp³-hybridized carbons (Fsp3) is 0.250. The van der Waals surface area contributed by atoms with Crippen LogP contribution in [0.15, 0.2) is 29.4 Å². The molecule has 0 saturated heterocycles. The van der Waals surface area contributed by atoms with Gasteiger partial charge >= 0.3 is 11.8 Å². The summed E-state index contributed by atoms with van der Waals surface area (Å²) in [6.07, 6.45) is 1.45. The highest BCUT2D eigenvalue weighted by Crippen LogP contribution is 2.13. The maximum Gasteiger partial charge on any atom is 0.329 e. The van der Waals surface area contributed by atoms with Crippen LogP contribution >= 0.6 is 0 Å². The van der Waals surface area contributed by atoms with Crippen LogP contribution in [0.4, 0.5) is 0 Å². The molecule has 0 atom stereocenters. The van der Waals surface area contributed by atoms with E-state index < -0.39 is 11.8 Å². The van der Waals surface area contributed by atoms with Crippen LogP contribution in [0.5, 0.6) is 0 Å². The predicted octanol–water partition coefficient (Wildman–Crippen LogP) is 0.745. The van der Waals surface area contributed by atoms with Gasteiger partial charge in [-0.3, -0.25) is 9.59 Å². The number of hydrazone groups is 1. The van der Waals surface area contributed by atoms with E-state index in [9.17, 15) is 9.59 Å². The van der Waals surface area contributed by atoms with Crippen LogP contribution in [0, 0.1) is 0 Å². The zero-order chi connectivity index (χ0) is 12.8. The number of rotatable bonds is 3. The van der Waals surface area contributed by atoms with Crippen molar-refractivity contribution in [2.75, 3.05) is 0 Å². The fourth-order valence-corrected chi connectivity index (χ4v) is 1.19. The van der Waals surface area contributed by atoms with E-state index >= 15 is 0 Å². The Morgan fingerprint density at radius 1 is 1.29 bits per heavy atom. The van der Waals surface area contributed by atoms with Gasteiger partial charge in [0.2, 0.25) is 0 Å². The van der Waals surface area contributed by atoms with Crippen molar-refractivity contribution < 1.29 is 9.59 Å². The highest BCUT2D eigenvalue weighted by atomic mass is 16.2. The van der Waals surface area contributed by atoms with Gasteiger partial charge in [-0.05, 0) is 17.0 Å². The molecular formula is C12H15N3O2. The summed E-state index contributed by atoms with van der Waals surface area (Å²) in [5.74, 6) is -1.52. The maximum absolute atomic E-state index is 10.8. The minimum absolute atomic E-state index is 0.468. The quantitative estimate of drug-likeness (QED) is 0.458. The first kappa shape index (κ1) is 12.9. The van der Waals surface area contributed by atoms with Crippen molar-refractivity contribution in [1.82, 2.24) is 5.43 Å². The van der Waals surface area contributed by atoms with Crippen molar-refractivity contribution in [2.45, 2.75) is 19.8 Å². The third-order valence-corrected chi connectivity index (χ3v) is 2.21. The Morgan fingerprint density at radius 2 is 1.88 bits per heavy atom. The van der Waals surface area contributed by atoms with Gasteiger partial charge < -0.3 is 5.73 Å². The van der Waals surface area contributed by atoms with Crippen LogP contribution in [0.25, 0.3) is 0 Å². The Balaban J connectivity index is 2.60. The topological polar surface area (TPSA) is 84.6 Å². The van der Waals surface area contributed by atoms with Gasteiger partial charge in [-0.1, -0.05) is 38.1 Å². The maximum atomic E-state index is 10.8. The van der Waals surface area contributed by atoms with Crippen LogP contribution < -0.4 is 11.2 Å². The van der Waals surface area contributed by atoms with E-state index in [2.05, 4.69) is 18.9 Å². The van der Waals surface area contributed by atoms with E-state index in [1.807, 2.05) is 29.7 Å². The third-order valence-electron chi connectivity index (χ3n) is 2.21. The first-order chi connectivity index (χ1) is 8.00. The molecule has 0 unspecified atom stereocenters. The second-order valence-electron chi connectivity index (χ2n) is 3.88. The van der Waals surface area contributed by atoms with Crippen molar-refractivity contribution in [3.8, 4) is 0 Å². The average Bonchev–Trinajstić information content (AvgIpc) is 2.29. The number of nitrogens with two attached hydrogens (primary N) is 1. The van der Waals surface area contributed by atoms with E-state index in [-0.39, 0.29) is 0 Å². The lowest BCUT2D eigenvalue weighted by molar-refractivity contribution is -0.137. The van der Waals surface area contributed by atoms with Gasteiger partial charge in [-0.25, -0.2) is 5.43 Å². The third kappa shape index (κ3) is 4.06. The molecule has 1 aromatic carbocycles. The Bertz CT molecular complexity index is 436. The summed E-state index contributed by atoms with van der Waals surface area (Å²) in [4.78, 5) is 21.2. The molecule has 90 valence electrons. The summed E-state index contributed by atoms with van der Waals surface area (Å²) >= 11 is 0. The number of nitrogens with zero attached hydrogens (tertiary/aromatic N) is 1. The normalized spacial score (nSPS) is 10.8. The number of primary amides is 1. The van der Waals surface area contributed by atoms with Crippen molar-refractivity contribution in [2.24, 2.45) is 10.8 Å². The Kier molecular flexibility index (Phi) is 4.39. The van der Waals surface area contributed by atoms with Gasteiger partial charge in [0.1, 0.15) is 0 Å². The van der Waals surface area contributed by atoms with E-state index in [0.717, 1.165) is 5.56 Å². The van der Waals surface area contributed by atoms with Crippen molar-refractivity contribution in [3.05, 3.63) is 35.4 Å². The minimum atomic E-state index is -1.06. The van der Waals surface area contributed by atoms with Crippen molar-refractivity contribution >= 4 is 18.0 Å². The van der Waals surface area contributed by atoms with Gasteiger partial charge in [-0.15, -0.1) is 0 Å². The fourth-order valence-electron chi connectivity index (χ4n) is 1.19. The molecular weight excluding hydrogens is 218 g/mol. The number of carbonyl (C=O) groups excluding carboxylic acids is 2. The largest absolute Gasteiger partial charge is 0.361 e. The van der Waals surface area contributed by atoms with Gasteiger partial charge in [-0.2, -0.15) is 5.10 Å². The molecule has 17 heavy (non-hydrogen) atoms. The number of nitrogens with one attached hydrogen (secondary N) is 1. The van der Waals surface area contributed by atoms with Crippen LogP contribution in [0.3, 0.4) is 0 Å². The molecule has 0 aromatic heterocycles. The monoisotopic (exact) mass is 233 g/mol. The number of benzene rings is 1. The molecule has 0 heterocycles. The van der Waals surface area contributed by atoms with Crippen molar-refractivity contribution in [1.29, 1.82) is 0 Å². The molecule has 1 aromatic rings. The minimum Gasteiger partial charge on any atom is -0.361 e. The standard InChI is InChI=1S/C12H15N3O2/c1-8(2)10-5-3-9(4-6-10)7-14-15-12(17)11(13)16/h3-8H,1-2H3,(H2,13,16)(H,15,17)/b14-7+. The van der Waals surface area contributed by atoms with Crippen LogP contribution in [-0.2, 0) is 9.59 Å². The average molecular weight is 233 g/mol. The lowest BCUT2D eigenvalue weighted by Gasteiger charge is -2.04. The first-order valence-electron chi connectivity index (χ1n) is 5.23. The van der Waals surface area contributed by atoms with Gasteiger partial charge in [0, 0.05) is 0 Å². The lowest BCUT2D eigenvalue weighted by atomic mass is 10.0. The molecule has 0 aliphatic carbocycles. The number of carbonyl (C=O) groups is 2. The van der Waals surface area contributed by atoms with Crippen molar-refractivity contribution in [3.63, 3.8) is 0 Å². The summed E-state index contributed by atoms with van der Waals surface area (Å²) in [5, 5.41) is 3.61. The van der Waals surface area contributed by atoms with E-state index in [4.69, 9.17) is 5.73 Å². The molecule has 5 nitrogen and oxygen atoms in total. The molecule has 0 aliphatic heterocycles. The predicted molar refractivity (Wildman–Crippen MR) is 65.5 cm³/mol. The van der Waals surface area contributed by atoms with Crippen LogP contribution in [0.2, 0.25) is 0 Å². The number of hydrogen-bond acceptors (Lipinski definition) is 3. The SMILES string of the molecule is CC(C)c1ccc(/C=N/NC(=O)C(N)=O)cc1. The summed E-state index contributed by atoms with van der Waals surface area (Å²) in [5.41, 5.74) is 8.83. The summed E-state index contributed by atoms with van der Waals surface area (Å²) in [7, 11) is 0. The second-order valence-corrected chi connectivity index (χ2v) is 3.88. The summed E-state index contributed by atoms with van der Waals surface area (Å²) < 4.78 is 0. The van der Waals surface area contributed by atoms with Crippen LogP contribution in [0.1, 0.15) is 30.9 Å².